The molecule has 1 heteroatoms. The number of hydrogen-bond acceptors (Lipinski definition) is 1. The summed E-state index contributed by atoms with van der Waals surface area (Å²) in [6.07, 6.45) is 21.4. The van der Waals surface area contributed by atoms with E-state index in [0.717, 1.165) is 29.6 Å². The topological polar surface area (TPSA) is 26.0 Å². The van der Waals surface area contributed by atoms with Crippen LogP contribution in [0.2, 0.25) is 0 Å². The van der Waals surface area contributed by atoms with Gasteiger partial charge in [0, 0.05) is 5.54 Å². The fraction of sp³-hybridized carbons (Fsp3) is 1.00. The van der Waals surface area contributed by atoms with Crippen molar-refractivity contribution in [3.05, 3.63) is 0 Å². The highest BCUT2D eigenvalue weighted by Crippen LogP contribution is 2.60. The number of fused-ring (bicyclic) bond motifs is 3. The Bertz CT molecular complexity index is 459. The molecule has 0 aromatic rings. The molecule has 3 saturated carbocycles. The summed E-state index contributed by atoms with van der Waals surface area (Å²) in [7, 11) is 0. The van der Waals surface area contributed by atoms with E-state index < -0.39 is 0 Å². The van der Waals surface area contributed by atoms with Gasteiger partial charge in [-0.05, 0) is 67.1 Å². The maximum Gasteiger partial charge on any atom is 0.0214 e. The predicted molar refractivity (Wildman–Crippen MR) is 119 cm³/mol. The fourth-order valence-electron chi connectivity index (χ4n) is 7.63. The monoisotopic (exact) mass is 375 g/mol. The molecule has 0 heterocycles. The second-order valence-corrected chi connectivity index (χ2v) is 11.4. The summed E-state index contributed by atoms with van der Waals surface area (Å²) in [5.74, 6) is 4.60. The number of hydrogen-bond donors (Lipinski definition) is 1. The van der Waals surface area contributed by atoms with Gasteiger partial charge in [0.05, 0.1) is 0 Å². The normalized spacial score (nSPS) is 45.9. The molecule has 0 saturated heterocycles. The van der Waals surface area contributed by atoms with Crippen molar-refractivity contribution in [3.63, 3.8) is 0 Å². The molecule has 3 rings (SSSR count). The van der Waals surface area contributed by atoms with E-state index in [2.05, 4.69) is 27.7 Å². The zero-order valence-corrected chi connectivity index (χ0v) is 19.1. The van der Waals surface area contributed by atoms with Gasteiger partial charge in [0.2, 0.25) is 0 Å². The lowest BCUT2D eigenvalue weighted by molar-refractivity contribution is -0.0743. The Balaban J connectivity index is 1.67. The summed E-state index contributed by atoms with van der Waals surface area (Å²) >= 11 is 0. The van der Waals surface area contributed by atoms with Crippen LogP contribution in [-0.4, -0.2) is 5.54 Å². The average molecular weight is 376 g/mol. The third-order valence-corrected chi connectivity index (χ3v) is 9.67. The predicted octanol–water partition coefficient (Wildman–Crippen LogP) is 7.72. The first-order valence-electron chi connectivity index (χ1n) is 12.7. The van der Waals surface area contributed by atoms with Crippen molar-refractivity contribution in [2.24, 2.45) is 40.7 Å². The molecule has 0 aliphatic heterocycles. The van der Waals surface area contributed by atoms with Crippen LogP contribution >= 0.6 is 0 Å². The van der Waals surface area contributed by atoms with Gasteiger partial charge in [-0.3, -0.25) is 0 Å². The molecule has 2 N–H and O–H groups in total. The van der Waals surface area contributed by atoms with Gasteiger partial charge in [0.15, 0.2) is 0 Å². The summed E-state index contributed by atoms with van der Waals surface area (Å²) < 4.78 is 0. The SMILES string of the molecule is CCCCCCC1CCCC2CCC3(N)CC(C)CCC3(C)C2CCC1C. The van der Waals surface area contributed by atoms with Crippen molar-refractivity contribution in [3.8, 4) is 0 Å². The minimum absolute atomic E-state index is 0.128. The molecular formula is C26H49N. The highest BCUT2D eigenvalue weighted by atomic mass is 14.8. The van der Waals surface area contributed by atoms with E-state index in [0.29, 0.717) is 5.41 Å². The van der Waals surface area contributed by atoms with Crippen LogP contribution in [0.1, 0.15) is 124 Å². The molecule has 27 heavy (non-hydrogen) atoms. The molecule has 0 radical (unpaired) electrons. The Morgan fingerprint density at radius 2 is 1.70 bits per heavy atom. The highest BCUT2D eigenvalue weighted by Gasteiger charge is 2.56. The summed E-state index contributed by atoms with van der Waals surface area (Å²) in [5.41, 5.74) is 7.71. The molecule has 158 valence electrons. The van der Waals surface area contributed by atoms with Crippen LogP contribution < -0.4 is 5.73 Å². The Hall–Kier alpha value is -0.0400. The Labute approximate surface area is 170 Å². The standard InChI is InChI=1S/C26H49N/c1-5-6-7-8-10-22-11-9-12-23-16-18-26(27)19-20(2)15-17-25(26,4)24(23)14-13-21(22)3/h20-24H,5-19,27H2,1-4H3. The third kappa shape index (κ3) is 4.59. The van der Waals surface area contributed by atoms with E-state index in [1.165, 1.54) is 96.3 Å². The van der Waals surface area contributed by atoms with Crippen molar-refractivity contribution < 1.29 is 0 Å². The van der Waals surface area contributed by atoms with Gasteiger partial charge in [-0.25, -0.2) is 0 Å². The average Bonchev–Trinajstić information content (AvgIpc) is 2.70. The number of rotatable bonds is 5. The molecule has 0 aromatic carbocycles. The van der Waals surface area contributed by atoms with Crippen LogP contribution in [0.25, 0.3) is 0 Å². The largest absolute Gasteiger partial charge is 0.325 e. The lowest BCUT2D eigenvalue weighted by atomic mass is 9.46. The van der Waals surface area contributed by atoms with E-state index in [-0.39, 0.29) is 5.54 Å². The molecule has 7 unspecified atom stereocenters. The Morgan fingerprint density at radius 1 is 0.889 bits per heavy atom. The smallest absolute Gasteiger partial charge is 0.0214 e. The van der Waals surface area contributed by atoms with Gasteiger partial charge < -0.3 is 5.73 Å². The quantitative estimate of drug-likeness (QED) is 0.489. The van der Waals surface area contributed by atoms with Crippen molar-refractivity contribution in [2.45, 2.75) is 130 Å². The molecule has 3 aliphatic rings. The van der Waals surface area contributed by atoms with E-state index >= 15 is 0 Å². The van der Waals surface area contributed by atoms with Gasteiger partial charge in [0.25, 0.3) is 0 Å². The van der Waals surface area contributed by atoms with E-state index in [9.17, 15) is 0 Å². The maximum absolute atomic E-state index is 7.18. The van der Waals surface area contributed by atoms with Gasteiger partial charge in [0.1, 0.15) is 0 Å². The lowest BCUT2D eigenvalue weighted by Gasteiger charge is -2.61. The van der Waals surface area contributed by atoms with Crippen LogP contribution in [0.5, 0.6) is 0 Å². The zero-order chi connectivity index (χ0) is 19.5. The van der Waals surface area contributed by atoms with Gasteiger partial charge in [-0.15, -0.1) is 0 Å². The van der Waals surface area contributed by atoms with Gasteiger partial charge in [-0.2, -0.15) is 0 Å². The van der Waals surface area contributed by atoms with Crippen LogP contribution in [0, 0.1) is 35.0 Å². The summed E-state index contributed by atoms with van der Waals surface area (Å²) in [6, 6.07) is 0. The van der Waals surface area contributed by atoms with Crippen molar-refractivity contribution >= 4 is 0 Å². The van der Waals surface area contributed by atoms with E-state index in [1.54, 1.807) is 0 Å². The zero-order valence-electron chi connectivity index (χ0n) is 19.1. The highest BCUT2D eigenvalue weighted by molar-refractivity contribution is 5.11. The van der Waals surface area contributed by atoms with Crippen LogP contribution in [0.4, 0.5) is 0 Å². The van der Waals surface area contributed by atoms with Crippen LogP contribution in [0.3, 0.4) is 0 Å². The molecular weight excluding hydrogens is 326 g/mol. The van der Waals surface area contributed by atoms with Crippen molar-refractivity contribution in [1.29, 1.82) is 0 Å². The molecule has 3 aliphatic carbocycles. The lowest BCUT2D eigenvalue weighted by Crippen LogP contribution is -2.64. The summed E-state index contributed by atoms with van der Waals surface area (Å²) in [6.45, 7) is 9.96. The molecule has 7 atom stereocenters. The first-order valence-corrected chi connectivity index (χ1v) is 12.7. The summed E-state index contributed by atoms with van der Waals surface area (Å²) in [4.78, 5) is 0. The van der Waals surface area contributed by atoms with Crippen molar-refractivity contribution in [1.82, 2.24) is 0 Å². The molecule has 1 nitrogen and oxygen atoms in total. The Morgan fingerprint density at radius 3 is 2.48 bits per heavy atom. The van der Waals surface area contributed by atoms with E-state index in [4.69, 9.17) is 5.73 Å². The molecule has 0 aromatic heterocycles. The molecule has 3 fully saturated rings. The second-order valence-electron chi connectivity index (χ2n) is 11.4. The minimum Gasteiger partial charge on any atom is -0.325 e. The van der Waals surface area contributed by atoms with Gasteiger partial charge in [-0.1, -0.05) is 91.9 Å². The molecule has 0 amide bonds. The first-order chi connectivity index (χ1) is 12.9. The van der Waals surface area contributed by atoms with Gasteiger partial charge >= 0.3 is 0 Å². The summed E-state index contributed by atoms with van der Waals surface area (Å²) in [5, 5.41) is 0. The number of nitrogens with two attached hydrogens (primary N) is 1. The molecule has 0 bridgehead atoms. The fourth-order valence-corrected chi connectivity index (χ4v) is 7.63. The van der Waals surface area contributed by atoms with Crippen LogP contribution in [-0.2, 0) is 0 Å². The third-order valence-electron chi connectivity index (χ3n) is 9.67. The minimum atomic E-state index is 0.128. The van der Waals surface area contributed by atoms with Crippen LogP contribution in [0.15, 0.2) is 0 Å². The maximum atomic E-state index is 7.18. The Kier molecular flexibility index (Phi) is 7.37. The van der Waals surface area contributed by atoms with E-state index in [1.807, 2.05) is 0 Å². The second kappa shape index (κ2) is 9.19. The first kappa shape index (κ1) is 21.7. The number of unbranched alkanes of at least 4 members (excludes halogenated alkanes) is 3. The van der Waals surface area contributed by atoms with Crippen molar-refractivity contribution in [2.75, 3.05) is 0 Å². The molecule has 0 spiro atoms.